The number of nitrogens with zero attached hydrogens (tertiary/aromatic N) is 6. The van der Waals surface area contributed by atoms with E-state index in [2.05, 4.69) is 30.9 Å². The normalized spacial score (nSPS) is 15.7. The number of ether oxygens (including phenoxy) is 3. The largest absolute Gasteiger partial charge is 0.493 e. The minimum atomic E-state index is -0.0638. The number of fused-ring (bicyclic) bond motifs is 2. The lowest BCUT2D eigenvalue weighted by Gasteiger charge is -2.20. The molecule has 1 aliphatic heterocycles. The van der Waals surface area contributed by atoms with Gasteiger partial charge in [-0.2, -0.15) is 5.26 Å². The van der Waals surface area contributed by atoms with Crippen molar-refractivity contribution < 1.29 is 14.2 Å². The molecule has 0 saturated carbocycles. The molecule has 0 amide bonds. The molecule has 0 bridgehead atoms. The van der Waals surface area contributed by atoms with Crippen molar-refractivity contribution in [3.05, 3.63) is 48.4 Å². The summed E-state index contributed by atoms with van der Waals surface area (Å²) in [4.78, 5) is 20.0. The molecule has 160 valence electrons. The molecule has 2 aromatic heterocycles. The van der Waals surface area contributed by atoms with E-state index in [1.165, 1.54) is 0 Å². The molecule has 1 saturated heterocycles. The maximum atomic E-state index is 9.11. The molecular weight excluding hydrogens is 408 g/mol. The van der Waals surface area contributed by atoms with Crippen molar-refractivity contribution in [3.63, 3.8) is 0 Å². The van der Waals surface area contributed by atoms with E-state index < -0.39 is 0 Å². The van der Waals surface area contributed by atoms with Crippen molar-refractivity contribution in [2.75, 3.05) is 32.2 Å². The van der Waals surface area contributed by atoms with Crippen LogP contribution in [0.2, 0.25) is 0 Å². The maximum absolute atomic E-state index is 9.11. The van der Waals surface area contributed by atoms with E-state index in [1.807, 2.05) is 12.1 Å². The zero-order valence-corrected chi connectivity index (χ0v) is 17.6. The Bertz CT molecular complexity index is 1350. The molecule has 1 fully saturated rings. The quantitative estimate of drug-likeness (QED) is 0.474. The lowest BCUT2D eigenvalue weighted by atomic mass is 10.2. The molecule has 1 atom stereocenters. The Morgan fingerprint density at radius 3 is 2.66 bits per heavy atom. The molecule has 9 nitrogen and oxygen atoms in total. The van der Waals surface area contributed by atoms with Gasteiger partial charge in [-0.3, -0.25) is 0 Å². The first-order chi connectivity index (χ1) is 15.7. The SMILES string of the molecule is COc1cc2ncnc(N3CCC(Oc4cnc5ccc(C#N)cc5n4)C3)c2cc1OC. The number of aromatic nitrogens is 4. The third-order valence-corrected chi connectivity index (χ3v) is 5.50. The zero-order chi connectivity index (χ0) is 22.1. The van der Waals surface area contributed by atoms with E-state index in [0.717, 1.165) is 35.2 Å². The Labute approximate surface area is 184 Å². The van der Waals surface area contributed by atoms with E-state index in [1.54, 1.807) is 44.9 Å². The van der Waals surface area contributed by atoms with E-state index in [4.69, 9.17) is 19.5 Å². The minimum Gasteiger partial charge on any atom is -0.493 e. The fourth-order valence-corrected chi connectivity index (χ4v) is 3.93. The standard InChI is InChI=1S/C23H20N6O3/c1-30-20-8-16-18(9-21(20)31-2)26-13-27-23(16)29-6-5-15(12-29)32-22-11-25-17-4-3-14(10-24)7-19(17)28-22/h3-4,7-9,11,13,15H,5-6,12H2,1-2H3. The van der Waals surface area contributed by atoms with E-state index in [-0.39, 0.29) is 6.10 Å². The van der Waals surface area contributed by atoms with Crippen LogP contribution in [-0.4, -0.2) is 53.3 Å². The van der Waals surface area contributed by atoms with Crippen LogP contribution in [-0.2, 0) is 0 Å². The van der Waals surface area contributed by atoms with E-state index in [9.17, 15) is 0 Å². The molecule has 3 heterocycles. The summed E-state index contributed by atoms with van der Waals surface area (Å²) in [7, 11) is 3.21. The first-order valence-corrected chi connectivity index (χ1v) is 10.1. The first-order valence-electron chi connectivity index (χ1n) is 10.1. The van der Waals surface area contributed by atoms with Crippen LogP contribution >= 0.6 is 0 Å². The second-order valence-corrected chi connectivity index (χ2v) is 7.42. The Balaban J connectivity index is 1.38. The van der Waals surface area contributed by atoms with Gasteiger partial charge in [0.1, 0.15) is 18.2 Å². The summed E-state index contributed by atoms with van der Waals surface area (Å²) in [5.74, 6) is 2.52. The van der Waals surface area contributed by atoms with Gasteiger partial charge in [-0.25, -0.2) is 19.9 Å². The average Bonchev–Trinajstić information content (AvgIpc) is 3.30. The molecule has 1 aliphatic rings. The van der Waals surface area contributed by atoms with Crippen molar-refractivity contribution in [1.29, 1.82) is 5.26 Å². The predicted molar refractivity (Wildman–Crippen MR) is 118 cm³/mol. The lowest BCUT2D eigenvalue weighted by molar-refractivity contribution is 0.216. The monoisotopic (exact) mass is 428 g/mol. The van der Waals surface area contributed by atoms with E-state index in [0.29, 0.717) is 35.0 Å². The fourth-order valence-electron chi connectivity index (χ4n) is 3.93. The maximum Gasteiger partial charge on any atom is 0.233 e. The van der Waals surface area contributed by atoms with Crippen LogP contribution in [0, 0.1) is 11.3 Å². The Morgan fingerprint density at radius 2 is 1.84 bits per heavy atom. The van der Waals surface area contributed by atoms with Crippen LogP contribution in [0.3, 0.4) is 0 Å². The summed E-state index contributed by atoms with van der Waals surface area (Å²) in [6, 6.07) is 11.1. The number of rotatable bonds is 5. The second-order valence-electron chi connectivity index (χ2n) is 7.42. The number of hydrogen-bond acceptors (Lipinski definition) is 9. The molecular formula is C23H20N6O3. The van der Waals surface area contributed by atoms with Gasteiger partial charge in [-0.1, -0.05) is 0 Å². The van der Waals surface area contributed by atoms with Gasteiger partial charge in [0.15, 0.2) is 11.5 Å². The topological polar surface area (TPSA) is 106 Å². The summed E-state index contributed by atoms with van der Waals surface area (Å²) in [5.41, 5.74) is 2.69. The van der Waals surface area contributed by atoms with Crippen molar-refractivity contribution >= 4 is 27.8 Å². The zero-order valence-electron chi connectivity index (χ0n) is 17.6. The third kappa shape index (κ3) is 3.56. The molecule has 0 aliphatic carbocycles. The predicted octanol–water partition coefficient (Wildman–Crippen LogP) is 3.12. The van der Waals surface area contributed by atoms with Crippen LogP contribution in [0.15, 0.2) is 42.9 Å². The summed E-state index contributed by atoms with van der Waals surface area (Å²) < 4.78 is 17.0. The van der Waals surface area contributed by atoms with Gasteiger partial charge in [0, 0.05) is 24.4 Å². The summed E-state index contributed by atoms with van der Waals surface area (Å²) >= 11 is 0. The number of anilines is 1. The molecule has 1 unspecified atom stereocenters. The highest BCUT2D eigenvalue weighted by atomic mass is 16.5. The molecule has 0 spiro atoms. The van der Waals surface area contributed by atoms with Gasteiger partial charge >= 0.3 is 0 Å². The number of benzene rings is 2. The second kappa shape index (κ2) is 8.15. The first kappa shape index (κ1) is 19.8. The van der Waals surface area contributed by atoms with Crippen LogP contribution in [0.5, 0.6) is 17.4 Å². The van der Waals surface area contributed by atoms with Crippen molar-refractivity contribution in [3.8, 4) is 23.4 Å². The Morgan fingerprint density at radius 1 is 1.00 bits per heavy atom. The van der Waals surface area contributed by atoms with Crippen molar-refractivity contribution in [1.82, 2.24) is 19.9 Å². The number of nitriles is 1. The molecule has 4 aromatic rings. The number of methoxy groups -OCH3 is 2. The van der Waals surface area contributed by atoms with Gasteiger partial charge in [0.2, 0.25) is 5.88 Å². The average molecular weight is 428 g/mol. The van der Waals surface area contributed by atoms with Gasteiger partial charge in [0.05, 0.1) is 55.1 Å². The third-order valence-electron chi connectivity index (χ3n) is 5.50. The van der Waals surface area contributed by atoms with E-state index >= 15 is 0 Å². The lowest BCUT2D eigenvalue weighted by Crippen LogP contribution is -2.25. The van der Waals surface area contributed by atoms with Gasteiger partial charge in [0.25, 0.3) is 0 Å². The fraction of sp³-hybridized carbons (Fsp3) is 0.261. The van der Waals surface area contributed by atoms with Crippen LogP contribution < -0.4 is 19.1 Å². The summed E-state index contributed by atoms with van der Waals surface area (Å²) in [5, 5.41) is 10.0. The molecule has 9 heteroatoms. The van der Waals surface area contributed by atoms with Gasteiger partial charge in [-0.15, -0.1) is 0 Å². The molecule has 0 N–H and O–H groups in total. The number of hydrogen-bond donors (Lipinski definition) is 0. The molecule has 0 radical (unpaired) electrons. The summed E-state index contributed by atoms with van der Waals surface area (Å²) in [6.45, 7) is 1.43. The Kier molecular flexibility index (Phi) is 5.03. The van der Waals surface area contributed by atoms with Gasteiger partial charge in [-0.05, 0) is 24.3 Å². The summed E-state index contributed by atoms with van der Waals surface area (Å²) in [6.07, 6.45) is 3.93. The van der Waals surface area contributed by atoms with Crippen LogP contribution in [0.4, 0.5) is 5.82 Å². The highest BCUT2D eigenvalue weighted by molar-refractivity contribution is 5.92. The highest BCUT2D eigenvalue weighted by Gasteiger charge is 2.27. The Hall–Kier alpha value is -4.19. The van der Waals surface area contributed by atoms with Gasteiger partial charge < -0.3 is 19.1 Å². The van der Waals surface area contributed by atoms with Crippen LogP contribution in [0.1, 0.15) is 12.0 Å². The van der Waals surface area contributed by atoms with Crippen molar-refractivity contribution in [2.24, 2.45) is 0 Å². The smallest absolute Gasteiger partial charge is 0.233 e. The minimum absolute atomic E-state index is 0.0638. The van der Waals surface area contributed by atoms with Crippen molar-refractivity contribution in [2.45, 2.75) is 12.5 Å². The molecule has 5 rings (SSSR count). The van der Waals surface area contributed by atoms with Crippen LogP contribution in [0.25, 0.3) is 21.9 Å². The molecule has 32 heavy (non-hydrogen) atoms. The highest BCUT2D eigenvalue weighted by Crippen LogP contribution is 2.35. The molecule has 2 aromatic carbocycles.